The SMILES string of the molecule is CCCCNC(=NCc1ccc(C)cc1)NCCCOCC1CCOC1. The van der Waals surface area contributed by atoms with Gasteiger partial charge in [-0.05, 0) is 31.7 Å². The van der Waals surface area contributed by atoms with Gasteiger partial charge in [-0.1, -0.05) is 43.2 Å². The monoisotopic (exact) mass is 361 g/mol. The Labute approximate surface area is 158 Å². The van der Waals surface area contributed by atoms with E-state index in [0.717, 1.165) is 64.7 Å². The van der Waals surface area contributed by atoms with Crippen LogP contribution >= 0.6 is 0 Å². The molecule has 0 saturated carbocycles. The summed E-state index contributed by atoms with van der Waals surface area (Å²) in [4.78, 5) is 4.71. The summed E-state index contributed by atoms with van der Waals surface area (Å²) >= 11 is 0. The molecule has 1 fully saturated rings. The highest BCUT2D eigenvalue weighted by Crippen LogP contribution is 2.12. The van der Waals surface area contributed by atoms with Gasteiger partial charge in [0.15, 0.2) is 5.96 Å². The van der Waals surface area contributed by atoms with E-state index >= 15 is 0 Å². The Morgan fingerprint density at radius 1 is 1.19 bits per heavy atom. The number of hydrogen-bond donors (Lipinski definition) is 2. The van der Waals surface area contributed by atoms with Crippen LogP contribution in [0.5, 0.6) is 0 Å². The summed E-state index contributed by atoms with van der Waals surface area (Å²) in [5.74, 6) is 1.48. The van der Waals surface area contributed by atoms with Crippen LogP contribution in [0.25, 0.3) is 0 Å². The van der Waals surface area contributed by atoms with Crippen LogP contribution in [0.1, 0.15) is 43.7 Å². The van der Waals surface area contributed by atoms with E-state index in [1.807, 2.05) is 0 Å². The van der Waals surface area contributed by atoms with Crippen LogP contribution < -0.4 is 10.6 Å². The average molecular weight is 362 g/mol. The van der Waals surface area contributed by atoms with Gasteiger partial charge in [0, 0.05) is 32.2 Å². The van der Waals surface area contributed by atoms with E-state index < -0.39 is 0 Å². The predicted molar refractivity (Wildman–Crippen MR) is 108 cm³/mol. The zero-order chi connectivity index (χ0) is 18.5. The molecule has 5 heteroatoms. The highest BCUT2D eigenvalue weighted by Gasteiger charge is 2.15. The van der Waals surface area contributed by atoms with E-state index in [4.69, 9.17) is 14.5 Å². The number of rotatable bonds is 11. The molecule has 1 aliphatic rings. The quantitative estimate of drug-likeness (QED) is 0.361. The van der Waals surface area contributed by atoms with Crippen molar-refractivity contribution in [1.82, 2.24) is 10.6 Å². The van der Waals surface area contributed by atoms with Gasteiger partial charge in [-0.2, -0.15) is 0 Å². The summed E-state index contributed by atoms with van der Waals surface area (Å²) in [6, 6.07) is 8.55. The fourth-order valence-electron chi connectivity index (χ4n) is 2.77. The summed E-state index contributed by atoms with van der Waals surface area (Å²) in [5.41, 5.74) is 2.51. The standard InChI is InChI=1S/C21H35N3O2/c1-3-4-11-22-21(24-15-19-8-6-18(2)7-9-19)23-12-5-13-25-16-20-10-14-26-17-20/h6-9,20H,3-5,10-17H2,1-2H3,(H2,22,23,24). The zero-order valence-corrected chi connectivity index (χ0v) is 16.4. The first-order valence-corrected chi connectivity index (χ1v) is 10.0. The van der Waals surface area contributed by atoms with Crippen molar-refractivity contribution in [3.63, 3.8) is 0 Å². The van der Waals surface area contributed by atoms with Crippen molar-refractivity contribution in [3.05, 3.63) is 35.4 Å². The molecule has 1 saturated heterocycles. The van der Waals surface area contributed by atoms with Gasteiger partial charge in [-0.25, -0.2) is 4.99 Å². The highest BCUT2D eigenvalue weighted by atomic mass is 16.5. The molecule has 1 atom stereocenters. The Morgan fingerprint density at radius 2 is 1.96 bits per heavy atom. The van der Waals surface area contributed by atoms with Crippen molar-refractivity contribution < 1.29 is 9.47 Å². The van der Waals surface area contributed by atoms with E-state index in [-0.39, 0.29) is 0 Å². The fourth-order valence-corrected chi connectivity index (χ4v) is 2.77. The van der Waals surface area contributed by atoms with E-state index in [0.29, 0.717) is 12.5 Å². The number of hydrogen-bond acceptors (Lipinski definition) is 3. The van der Waals surface area contributed by atoms with Crippen LogP contribution in [-0.2, 0) is 16.0 Å². The van der Waals surface area contributed by atoms with Gasteiger partial charge in [0.25, 0.3) is 0 Å². The molecule has 0 amide bonds. The molecule has 0 aromatic heterocycles. The summed E-state index contributed by atoms with van der Waals surface area (Å²) in [6.45, 7) is 10.2. The molecule has 0 bridgehead atoms. The number of nitrogens with zero attached hydrogens (tertiary/aromatic N) is 1. The normalized spacial score (nSPS) is 17.5. The average Bonchev–Trinajstić information content (AvgIpc) is 3.17. The summed E-state index contributed by atoms with van der Waals surface area (Å²) in [6.07, 6.45) is 4.44. The van der Waals surface area contributed by atoms with Crippen molar-refractivity contribution >= 4 is 5.96 Å². The van der Waals surface area contributed by atoms with Gasteiger partial charge < -0.3 is 20.1 Å². The van der Waals surface area contributed by atoms with Crippen molar-refractivity contribution in [2.45, 2.75) is 46.1 Å². The fraction of sp³-hybridized carbons (Fsp3) is 0.667. The molecular weight excluding hydrogens is 326 g/mol. The molecule has 1 heterocycles. The van der Waals surface area contributed by atoms with Gasteiger partial charge in [0.1, 0.15) is 0 Å². The lowest BCUT2D eigenvalue weighted by Gasteiger charge is -2.13. The molecule has 1 aromatic rings. The molecule has 1 unspecified atom stereocenters. The zero-order valence-electron chi connectivity index (χ0n) is 16.4. The third-order valence-electron chi connectivity index (χ3n) is 4.50. The largest absolute Gasteiger partial charge is 0.381 e. The van der Waals surface area contributed by atoms with Crippen LogP contribution in [-0.4, -0.2) is 45.5 Å². The lowest BCUT2D eigenvalue weighted by Crippen LogP contribution is -2.38. The number of unbranched alkanes of at least 4 members (excludes halogenated alkanes) is 1. The molecule has 0 aliphatic carbocycles. The lowest BCUT2D eigenvalue weighted by molar-refractivity contribution is 0.0888. The van der Waals surface area contributed by atoms with Gasteiger partial charge in [0.05, 0.1) is 19.8 Å². The van der Waals surface area contributed by atoms with Crippen molar-refractivity contribution in [1.29, 1.82) is 0 Å². The molecular formula is C21H35N3O2. The number of guanidine groups is 1. The van der Waals surface area contributed by atoms with Gasteiger partial charge in [0.2, 0.25) is 0 Å². The van der Waals surface area contributed by atoms with Gasteiger partial charge in [-0.3, -0.25) is 0 Å². The topological polar surface area (TPSA) is 54.9 Å². The minimum atomic E-state index is 0.588. The van der Waals surface area contributed by atoms with E-state index in [2.05, 4.69) is 48.7 Å². The van der Waals surface area contributed by atoms with Crippen LogP contribution in [0.2, 0.25) is 0 Å². The number of aliphatic imine (C=N–C) groups is 1. The van der Waals surface area contributed by atoms with Gasteiger partial charge in [-0.15, -0.1) is 0 Å². The second kappa shape index (κ2) is 12.7. The number of nitrogens with one attached hydrogen (secondary N) is 2. The minimum absolute atomic E-state index is 0.588. The van der Waals surface area contributed by atoms with Crippen LogP contribution in [0, 0.1) is 12.8 Å². The van der Waals surface area contributed by atoms with Crippen LogP contribution in [0.15, 0.2) is 29.3 Å². The summed E-state index contributed by atoms with van der Waals surface area (Å²) in [7, 11) is 0. The first-order valence-electron chi connectivity index (χ1n) is 10.0. The Balaban J connectivity index is 1.67. The second-order valence-corrected chi connectivity index (χ2v) is 7.02. The Hall–Kier alpha value is -1.59. The Kier molecular flexibility index (Phi) is 10.1. The van der Waals surface area contributed by atoms with E-state index in [9.17, 15) is 0 Å². The molecule has 2 N–H and O–H groups in total. The van der Waals surface area contributed by atoms with Crippen molar-refractivity contribution in [3.8, 4) is 0 Å². The molecule has 0 spiro atoms. The molecule has 2 rings (SSSR count). The minimum Gasteiger partial charge on any atom is -0.381 e. The maximum atomic E-state index is 5.76. The molecule has 146 valence electrons. The lowest BCUT2D eigenvalue weighted by atomic mass is 10.1. The Bertz CT molecular complexity index is 510. The Morgan fingerprint density at radius 3 is 2.65 bits per heavy atom. The molecule has 1 aliphatic heterocycles. The maximum absolute atomic E-state index is 5.76. The second-order valence-electron chi connectivity index (χ2n) is 7.02. The van der Waals surface area contributed by atoms with Crippen molar-refractivity contribution in [2.24, 2.45) is 10.9 Å². The van der Waals surface area contributed by atoms with E-state index in [1.54, 1.807) is 0 Å². The van der Waals surface area contributed by atoms with Crippen LogP contribution in [0.4, 0.5) is 0 Å². The maximum Gasteiger partial charge on any atom is 0.191 e. The highest BCUT2D eigenvalue weighted by molar-refractivity contribution is 5.79. The molecule has 26 heavy (non-hydrogen) atoms. The van der Waals surface area contributed by atoms with Crippen molar-refractivity contribution in [2.75, 3.05) is 39.5 Å². The third kappa shape index (κ3) is 8.68. The predicted octanol–water partition coefficient (Wildman–Crippen LogP) is 3.27. The van der Waals surface area contributed by atoms with E-state index in [1.165, 1.54) is 17.5 Å². The van der Waals surface area contributed by atoms with Gasteiger partial charge >= 0.3 is 0 Å². The number of ether oxygens (including phenoxy) is 2. The number of benzene rings is 1. The third-order valence-corrected chi connectivity index (χ3v) is 4.50. The summed E-state index contributed by atoms with van der Waals surface area (Å²) < 4.78 is 11.1. The van der Waals surface area contributed by atoms with Crippen LogP contribution in [0.3, 0.4) is 0 Å². The summed E-state index contributed by atoms with van der Waals surface area (Å²) in [5, 5.41) is 6.84. The first kappa shape index (κ1) is 20.7. The first-order chi connectivity index (χ1) is 12.8. The number of aryl methyl sites for hydroxylation is 1. The molecule has 5 nitrogen and oxygen atoms in total. The molecule has 0 radical (unpaired) electrons. The molecule has 1 aromatic carbocycles. The smallest absolute Gasteiger partial charge is 0.191 e.